The molecule has 1 aliphatic carbocycles. The number of carbonyl (C=O) groups is 3. The molecule has 10 atom stereocenters. The molecule has 3 unspecified atom stereocenters. The number of likely N-dealkylation sites (N-methyl/N-ethyl adjacent to an activating group) is 1. The number of fused-ring (bicyclic) bond motifs is 6. The number of aryl methyl sites for hydroxylation is 1. The molecule has 3 aromatic rings. The number of benzene rings is 2. The van der Waals surface area contributed by atoms with Crippen LogP contribution >= 0.6 is 0 Å². The number of H-pyrrole nitrogens is 1. The van der Waals surface area contributed by atoms with Crippen molar-refractivity contribution in [3.63, 3.8) is 0 Å². The van der Waals surface area contributed by atoms with Gasteiger partial charge in [0.15, 0.2) is 6.10 Å². The lowest BCUT2D eigenvalue weighted by Crippen LogP contribution is -2.81. The van der Waals surface area contributed by atoms with Crippen molar-refractivity contribution >= 4 is 34.6 Å². The first-order valence-electron chi connectivity index (χ1n) is 22.0. The molecule has 2 N–H and O–H groups in total. The molecule has 12 heteroatoms. The van der Waals surface area contributed by atoms with Crippen LogP contribution in [0.4, 0.5) is 10.5 Å². The number of amides is 1. The Morgan fingerprint density at radius 3 is 2.50 bits per heavy atom. The Morgan fingerprint density at radius 1 is 1.03 bits per heavy atom. The fourth-order valence-electron chi connectivity index (χ4n) is 13.9. The first-order chi connectivity index (χ1) is 28.5. The SMILES string of the molecule is CCC1(OC(=O)N(C)C)C[C@H]2CN(CCc3c([nH]c4ccccc34)[C@@](C)(c3cc4c(cc3C)N(C)[C@H]3C(O)(C(=O)OC)[C@H](OC(C)=O)[C@]5(CC)C=CCN6CC[C@]43[C@@H]65)C2)C1. The van der Waals surface area contributed by atoms with Crippen molar-refractivity contribution in [3.8, 4) is 0 Å². The maximum atomic E-state index is 14.4. The number of aromatic amines is 1. The summed E-state index contributed by atoms with van der Waals surface area (Å²) in [6.07, 6.45) is 7.15. The Morgan fingerprint density at radius 2 is 1.80 bits per heavy atom. The summed E-state index contributed by atoms with van der Waals surface area (Å²) in [4.78, 5) is 53.2. The zero-order chi connectivity index (χ0) is 42.7. The molecule has 2 aromatic carbocycles. The Bertz CT molecular complexity index is 2290. The van der Waals surface area contributed by atoms with E-state index >= 15 is 0 Å². The molecule has 12 nitrogen and oxygen atoms in total. The number of methoxy groups -OCH3 is 1. The highest BCUT2D eigenvalue weighted by molar-refractivity contribution is 5.88. The molecular weight excluding hydrogens is 759 g/mol. The van der Waals surface area contributed by atoms with Crippen molar-refractivity contribution < 1.29 is 33.7 Å². The quantitative estimate of drug-likeness (QED) is 0.178. The average molecular weight is 822 g/mol. The standard InChI is InChI=1S/C48H63N5O7/c1-10-45(60-43(56)50(6)7)26-31-25-44(5,38-33(17-21-52(27-31)28-45)32-15-12-13-16-36(32)49-38)34-24-35-37(23-29(34)3)51(8)40-47(35)19-22-53-20-14-18-46(11-2,39(47)53)41(59-30(4)54)48(40,57)42(55)58-9/h12-16,18,23-24,31,39-41,49,57H,10-11,17,19-22,25-28H2,1-9H3/t31-,39-,40+,41+,44+,45?,46+,47+,48?/m0/s1. The molecule has 2 bridgehead atoms. The minimum Gasteiger partial charge on any atom is -0.467 e. The van der Waals surface area contributed by atoms with E-state index in [9.17, 15) is 19.5 Å². The fraction of sp³-hybridized carbons (Fsp3) is 0.604. The van der Waals surface area contributed by atoms with Crippen LogP contribution in [0, 0.1) is 18.3 Å². The molecule has 3 fully saturated rings. The van der Waals surface area contributed by atoms with Crippen LogP contribution in [0.15, 0.2) is 48.6 Å². The second-order valence-corrected chi connectivity index (χ2v) is 19.5. The second kappa shape index (κ2) is 14.1. The minimum atomic E-state index is -2.18. The van der Waals surface area contributed by atoms with E-state index in [0.29, 0.717) is 19.4 Å². The maximum absolute atomic E-state index is 14.4. The van der Waals surface area contributed by atoms with Crippen LogP contribution in [0.1, 0.15) is 87.7 Å². The van der Waals surface area contributed by atoms with Crippen molar-refractivity contribution in [1.29, 1.82) is 0 Å². The van der Waals surface area contributed by atoms with Crippen LogP contribution in [0.3, 0.4) is 0 Å². The first kappa shape index (κ1) is 41.0. The Kier molecular flexibility index (Phi) is 9.61. The first-order valence-corrected chi connectivity index (χ1v) is 22.0. The van der Waals surface area contributed by atoms with Crippen molar-refractivity contribution in [2.75, 3.05) is 65.9 Å². The van der Waals surface area contributed by atoms with Gasteiger partial charge < -0.3 is 34.1 Å². The van der Waals surface area contributed by atoms with Gasteiger partial charge in [0.05, 0.1) is 13.2 Å². The summed E-state index contributed by atoms with van der Waals surface area (Å²) in [5.74, 6) is -1.13. The van der Waals surface area contributed by atoms with Gasteiger partial charge in [-0.25, -0.2) is 9.59 Å². The molecule has 9 rings (SSSR count). The number of nitrogens with zero attached hydrogens (tertiary/aromatic N) is 4. The highest BCUT2D eigenvalue weighted by Gasteiger charge is 2.80. The summed E-state index contributed by atoms with van der Waals surface area (Å²) in [7, 11) is 6.78. The Balaban J connectivity index is 1.27. The molecule has 6 aliphatic rings. The molecule has 5 aliphatic heterocycles. The van der Waals surface area contributed by atoms with E-state index in [1.165, 1.54) is 41.1 Å². The van der Waals surface area contributed by atoms with E-state index in [0.717, 1.165) is 74.2 Å². The zero-order valence-corrected chi connectivity index (χ0v) is 36.9. The van der Waals surface area contributed by atoms with Gasteiger partial charge in [0, 0.05) is 98.8 Å². The van der Waals surface area contributed by atoms with Gasteiger partial charge in [-0.15, -0.1) is 0 Å². The van der Waals surface area contributed by atoms with E-state index < -0.39 is 51.5 Å². The third-order valence-electron chi connectivity index (χ3n) is 16.1. The second-order valence-electron chi connectivity index (χ2n) is 19.5. The molecule has 6 heterocycles. The summed E-state index contributed by atoms with van der Waals surface area (Å²) in [6, 6.07) is 12.4. The summed E-state index contributed by atoms with van der Waals surface area (Å²) in [6.45, 7) is 14.1. The van der Waals surface area contributed by atoms with Crippen LogP contribution in [0.5, 0.6) is 0 Å². The number of aromatic nitrogens is 1. The molecule has 2 saturated heterocycles. The number of para-hydroxylation sites is 1. The lowest BCUT2D eigenvalue weighted by Gasteiger charge is -2.63. The third-order valence-corrected chi connectivity index (χ3v) is 16.1. The van der Waals surface area contributed by atoms with Crippen LogP contribution in [0.25, 0.3) is 10.9 Å². The number of carbonyl (C=O) groups excluding carboxylic acids is 3. The van der Waals surface area contributed by atoms with Gasteiger partial charge in [0.25, 0.3) is 0 Å². The number of hydrogen-bond acceptors (Lipinski definition) is 10. The van der Waals surface area contributed by atoms with Gasteiger partial charge in [0.2, 0.25) is 5.60 Å². The molecule has 0 radical (unpaired) electrons. The monoisotopic (exact) mass is 821 g/mol. The van der Waals surface area contributed by atoms with Gasteiger partial charge in [-0.3, -0.25) is 14.6 Å². The highest BCUT2D eigenvalue weighted by Crippen LogP contribution is 2.68. The predicted octanol–water partition coefficient (Wildman–Crippen LogP) is 5.84. The predicted molar refractivity (Wildman–Crippen MR) is 230 cm³/mol. The number of esters is 2. The van der Waals surface area contributed by atoms with Gasteiger partial charge in [0.1, 0.15) is 5.60 Å². The van der Waals surface area contributed by atoms with E-state index in [4.69, 9.17) is 14.2 Å². The van der Waals surface area contributed by atoms with Crippen molar-refractivity contribution in [2.45, 2.75) is 113 Å². The van der Waals surface area contributed by atoms with Crippen molar-refractivity contribution in [2.24, 2.45) is 11.3 Å². The number of piperidine rings is 1. The highest BCUT2D eigenvalue weighted by atomic mass is 16.6. The number of nitrogens with one attached hydrogen (secondary N) is 1. The summed E-state index contributed by atoms with van der Waals surface area (Å²) < 4.78 is 18.1. The third kappa shape index (κ3) is 5.48. The van der Waals surface area contributed by atoms with E-state index in [1.54, 1.807) is 14.1 Å². The minimum absolute atomic E-state index is 0.168. The summed E-state index contributed by atoms with van der Waals surface area (Å²) >= 11 is 0. The van der Waals surface area contributed by atoms with Gasteiger partial charge in [-0.2, -0.15) is 0 Å². The summed E-state index contributed by atoms with van der Waals surface area (Å²) in [5, 5.41) is 14.6. The summed E-state index contributed by atoms with van der Waals surface area (Å²) in [5.41, 5.74) is 3.17. The molecule has 322 valence electrons. The van der Waals surface area contributed by atoms with Crippen LogP contribution in [0.2, 0.25) is 0 Å². The molecule has 60 heavy (non-hydrogen) atoms. The van der Waals surface area contributed by atoms with Gasteiger partial charge in [-0.05, 0) is 99.2 Å². The maximum Gasteiger partial charge on any atom is 0.409 e. The molecule has 1 aromatic heterocycles. The number of aliphatic hydroxyl groups is 1. The van der Waals surface area contributed by atoms with E-state index in [2.05, 4.69) is 95.9 Å². The Labute approximate surface area is 354 Å². The van der Waals surface area contributed by atoms with Gasteiger partial charge in [-0.1, -0.05) is 50.3 Å². The normalized spacial score (nSPS) is 36.6. The van der Waals surface area contributed by atoms with Crippen molar-refractivity contribution in [3.05, 3.63) is 76.5 Å². The largest absolute Gasteiger partial charge is 0.467 e. The number of hydrogen-bond donors (Lipinski definition) is 2. The fourth-order valence-corrected chi connectivity index (χ4v) is 13.9. The number of ether oxygens (including phenoxy) is 3. The van der Waals surface area contributed by atoms with E-state index in [1.807, 2.05) is 7.05 Å². The number of anilines is 1. The number of rotatable bonds is 6. The lowest BCUT2D eigenvalue weighted by molar-refractivity contribution is -0.228. The van der Waals surface area contributed by atoms with Crippen LogP contribution in [-0.4, -0.2) is 133 Å². The Hall–Kier alpha value is -4.39. The molecule has 1 spiro atoms. The van der Waals surface area contributed by atoms with Crippen LogP contribution < -0.4 is 4.90 Å². The molecule has 1 amide bonds. The topological polar surface area (TPSA) is 128 Å². The average Bonchev–Trinajstić information content (AvgIpc) is 3.88. The lowest BCUT2D eigenvalue weighted by atomic mass is 9.47. The zero-order valence-electron chi connectivity index (χ0n) is 36.9. The molecule has 1 saturated carbocycles. The van der Waals surface area contributed by atoms with Gasteiger partial charge >= 0.3 is 18.0 Å². The smallest absolute Gasteiger partial charge is 0.409 e. The van der Waals surface area contributed by atoms with Crippen molar-refractivity contribution in [1.82, 2.24) is 19.7 Å². The molecular formula is C48H63N5O7. The van der Waals surface area contributed by atoms with Crippen LogP contribution in [-0.2, 0) is 41.1 Å². The van der Waals surface area contributed by atoms with E-state index in [-0.39, 0.29) is 18.1 Å².